The molecule has 4 heteroatoms. The molecule has 0 aromatic heterocycles. The van der Waals surface area contributed by atoms with Crippen molar-refractivity contribution in [1.29, 1.82) is 0 Å². The number of ether oxygens (including phenoxy) is 1. The van der Waals surface area contributed by atoms with Gasteiger partial charge in [0.2, 0.25) is 0 Å². The molecule has 0 amide bonds. The molecule has 0 bridgehead atoms. The van der Waals surface area contributed by atoms with Gasteiger partial charge in [0.05, 0.1) is 6.61 Å². The third kappa shape index (κ3) is 3.75. The molecule has 0 aliphatic heterocycles. The van der Waals surface area contributed by atoms with Gasteiger partial charge in [0.1, 0.15) is 11.8 Å². The van der Waals surface area contributed by atoms with Gasteiger partial charge in [-0.3, -0.25) is 4.79 Å². The van der Waals surface area contributed by atoms with E-state index in [1.54, 1.807) is 0 Å². The van der Waals surface area contributed by atoms with Gasteiger partial charge in [-0.15, -0.1) is 0 Å². The van der Waals surface area contributed by atoms with Crippen molar-refractivity contribution < 1.29 is 14.6 Å². The SMILES string of the molecule is Cc1cc(C)c(C)c(OCCC(N)C(=O)O)c1. The maximum Gasteiger partial charge on any atom is 0.320 e. The Labute approximate surface area is 101 Å². The van der Waals surface area contributed by atoms with Crippen molar-refractivity contribution in [3.63, 3.8) is 0 Å². The zero-order chi connectivity index (χ0) is 13.0. The number of aliphatic carboxylic acids is 1. The molecule has 1 rings (SSSR count). The minimum Gasteiger partial charge on any atom is -0.493 e. The lowest BCUT2D eigenvalue weighted by molar-refractivity contribution is -0.138. The molecule has 3 N–H and O–H groups in total. The van der Waals surface area contributed by atoms with Crippen LogP contribution in [0.15, 0.2) is 12.1 Å². The summed E-state index contributed by atoms with van der Waals surface area (Å²) in [7, 11) is 0. The number of carboxylic acid groups (broad SMARTS) is 1. The smallest absolute Gasteiger partial charge is 0.320 e. The van der Waals surface area contributed by atoms with Crippen LogP contribution in [0.25, 0.3) is 0 Å². The van der Waals surface area contributed by atoms with Crippen molar-refractivity contribution >= 4 is 5.97 Å². The van der Waals surface area contributed by atoms with Gasteiger partial charge in [-0.1, -0.05) is 6.07 Å². The van der Waals surface area contributed by atoms with Crippen molar-refractivity contribution in [3.8, 4) is 5.75 Å². The number of nitrogens with two attached hydrogens (primary N) is 1. The molecular weight excluding hydrogens is 218 g/mol. The number of hydrogen-bond donors (Lipinski definition) is 2. The second-order valence-electron chi connectivity index (χ2n) is 4.29. The summed E-state index contributed by atoms with van der Waals surface area (Å²) in [5.74, 6) is -0.189. The molecule has 1 aromatic carbocycles. The Kier molecular flexibility index (Phi) is 4.52. The summed E-state index contributed by atoms with van der Waals surface area (Å²) in [6.45, 7) is 6.33. The predicted octanol–water partition coefficient (Wildman–Crippen LogP) is 1.79. The number of aryl methyl sites for hydroxylation is 2. The topological polar surface area (TPSA) is 72.5 Å². The molecule has 0 aliphatic rings. The van der Waals surface area contributed by atoms with Crippen LogP contribution in [-0.2, 0) is 4.79 Å². The summed E-state index contributed by atoms with van der Waals surface area (Å²) in [5.41, 5.74) is 8.78. The zero-order valence-electron chi connectivity index (χ0n) is 10.5. The third-order valence-corrected chi connectivity index (χ3v) is 2.77. The van der Waals surface area contributed by atoms with Crippen LogP contribution in [0.2, 0.25) is 0 Å². The number of carbonyl (C=O) groups is 1. The first kappa shape index (κ1) is 13.5. The molecule has 1 unspecified atom stereocenters. The van der Waals surface area contributed by atoms with E-state index in [0.29, 0.717) is 13.0 Å². The van der Waals surface area contributed by atoms with Crippen LogP contribution >= 0.6 is 0 Å². The van der Waals surface area contributed by atoms with Gasteiger partial charge in [0.15, 0.2) is 0 Å². The molecule has 0 heterocycles. The average molecular weight is 237 g/mol. The molecule has 4 nitrogen and oxygen atoms in total. The maximum atomic E-state index is 10.5. The van der Waals surface area contributed by atoms with Gasteiger partial charge >= 0.3 is 5.97 Å². The van der Waals surface area contributed by atoms with Crippen molar-refractivity contribution in [2.45, 2.75) is 33.2 Å². The van der Waals surface area contributed by atoms with E-state index in [1.165, 1.54) is 5.56 Å². The molecule has 17 heavy (non-hydrogen) atoms. The number of rotatable bonds is 5. The Morgan fingerprint density at radius 3 is 2.65 bits per heavy atom. The molecule has 0 fully saturated rings. The van der Waals surface area contributed by atoms with Crippen molar-refractivity contribution in [2.24, 2.45) is 5.73 Å². The molecule has 0 aliphatic carbocycles. The van der Waals surface area contributed by atoms with Crippen LogP contribution in [-0.4, -0.2) is 23.7 Å². The maximum absolute atomic E-state index is 10.5. The lowest BCUT2D eigenvalue weighted by atomic mass is 10.1. The van der Waals surface area contributed by atoms with Gasteiger partial charge in [0.25, 0.3) is 0 Å². The third-order valence-electron chi connectivity index (χ3n) is 2.77. The van der Waals surface area contributed by atoms with E-state index in [1.807, 2.05) is 26.8 Å². The largest absolute Gasteiger partial charge is 0.493 e. The summed E-state index contributed by atoms with van der Waals surface area (Å²) < 4.78 is 5.58. The highest BCUT2D eigenvalue weighted by atomic mass is 16.5. The average Bonchev–Trinajstić information content (AvgIpc) is 2.24. The Bertz CT molecular complexity index is 415. The van der Waals surface area contributed by atoms with Crippen LogP contribution in [0.3, 0.4) is 0 Å². The van der Waals surface area contributed by atoms with E-state index < -0.39 is 12.0 Å². The second kappa shape index (κ2) is 5.68. The van der Waals surface area contributed by atoms with Gasteiger partial charge in [0, 0.05) is 6.42 Å². The standard InChI is InChI=1S/C13H19NO3/c1-8-6-9(2)10(3)12(7-8)17-5-4-11(14)13(15)16/h6-7,11H,4-5,14H2,1-3H3,(H,15,16). The Balaban J connectivity index is 2.61. The van der Waals surface area contributed by atoms with Crippen LogP contribution in [0, 0.1) is 20.8 Å². The Morgan fingerprint density at radius 1 is 1.41 bits per heavy atom. The molecule has 0 saturated carbocycles. The highest BCUT2D eigenvalue weighted by Gasteiger charge is 2.11. The quantitative estimate of drug-likeness (QED) is 0.819. The van der Waals surface area contributed by atoms with E-state index in [9.17, 15) is 4.79 Å². The highest BCUT2D eigenvalue weighted by molar-refractivity contribution is 5.72. The van der Waals surface area contributed by atoms with E-state index >= 15 is 0 Å². The number of hydrogen-bond acceptors (Lipinski definition) is 3. The van der Waals surface area contributed by atoms with E-state index in [-0.39, 0.29) is 0 Å². The van der Waals surface area contributed by atoms with Gasteiger partial charge < -0.3 is 15.6 Å². The first-order chi connectivity index (χ1) is 7.91. The Hall–Kier alpha value is -1.55. The molecule has 94 valence electrons. The van der Waals surface area contributed by atoms with Gasteiger partial charge in [-0.2, -0.15) is 0 Å². The van der Waals surface area contributed by atoms with Crippen molar-refractivity contribution in [3.05, 3.63) is 28.8 Å². The minimum absolute atomic E-state index is 0.307. The highest BCUT2D eigenvalue weighted by Crippen LogP contribution is 2.23. The normalized spacial score (nSPS) is 12.2. The van der Waals surface area contributed by atoms with Crippen LogP contribution in [0.4, 0.5) is 0 Å². The van der Waals surface area contributed by atoms with Crippen molar-refractivity contribution in [2.75, 3.05) is 6.61 Å². The van der Waals surface area contributed by atoms with E-state index in [0.717, 1.165) is 16.9 Å². The minimum atomic E-state index is -0.995. The first-order valence-corrected chi connectivity index (χ1v) is 5.61. The molecule has 0 saturated heterocycles. The summed E-state index contributed by atoms with van der Waals surface area (Å²) in [6, 6.07) is 3.18. The lowest BCUT2D eigenvalue weighted by Crippen LogP contribution is -2.31. The first-order valence-electron chi connectivity index (χ1n) is 5.61. The van der Waals surface area contributed by atoms with Crippen LogP contribution < -0.4 is 10.5 Å². The monoisotopic (exact) mass is 237 g/mol. The molecule has 0 spiro atoms. The molecule has 1 atom stereocenters. The fourth-order valence-electron chi connectivity index (χ4n) is 1.57. The molecule has 0 radical (unpaired) electrons. The molecular formula is C13H19NO3. The Morgan fingerprint density at radius 2 is 2.06 bits per heavy atom. The van der Waals surface area contributed by atoms with Crippen LogP contribution in [0.5, 0.6) is 5.75 Å². The second-order valence-corrected chi connectivity index (χ2v) is 4.29. The number of carboxylic acids is 1. The summed E-state index contributed by atoms with van der Waals surface area (Å²) in [5, 5.41) is 8.64. The van der Waals surface area contributed by atoms with Gasteiger partial charge in [-0.25, -0.2) is 0 Å². The van der Waals surface area contributed by atoms with Crippen LogP contribution in [0.1, 0.15) is 23.1 Å². The summed E-state index contributed by atoms with van der Waals surface area (Å²) >= 11 is 0. The zero-order valence-corrected chi connectivity index (χ0v) is 10.5. The summed E-state index contributed by atoms with van der Waals surface area (Å²) in [6.07, 6.45) is 0.307. The predicted molar refractivity (Wildman–Crippen MR) is 66.4 cm³/mol. The fourth-order valence-corrected chi connectivity index (χ4v) is 1.57. The fraction of sp³-hybridized carbons (Fsp3) is 0.462. The summed E-state index contributed by atoms with van der Waals surface area (Å²) in [4.78, 5) is 10.5. The van der Waals surface area contributed by atoms with E-state index in [4.69, 9.17) is 15.6 Å². The lowest BCUT2D eigenvalue weighted by Gasteiger charge is -2.13. The van der Waals surface area contributed by atoms with Crippen molar-refractivity contribution in [1.82, 2.24) is 0 Å². The van der Waals surface area contributed by atoms with Gasteiger partial charge in [-0.05, 0) is 43.5 Å². The molecule has 1 aromatic rings. The van der Waals surface area contributed by atoms with E-state index in [2.05, 4.69) is 6.07 Å². The number of benzene rings is 1.